The minimum atomic E-state index is -0.0960. The van der Waals surface area contributed by atoms with Gasteiger partial charge in [-0.15, -0.1) is 0 Å². The molecule has 0 aromatic heterocycles. The Labute approximate surface area is 111 Å². The van der Waals surface area contributed by atoms with Crippen molar-refractivity contribution in [2.75, 3.05) is 29.0 Å². The molecule has 0 unspecified atom stereocenters. The van der Waals surface area contributed by atoms with Gasteiger partial charge in [-0.25, -0.2) is 0 Å². The lowest BCUT2D eigenvalue weighted by atomic mass is 10.1. The fraction of sp³-hybridized carbons (Fsp3) is 0.133. The maximum atomic E-state index is 12.1. The predicted molar refractivity (Wildman–Crippen MR) is 77.8 cm³/mol. The normalized spacial score (nSPS) is 12.8. The summed E-state index contributed by atoms with van der Waals surface area (Å²) in [7, 11) is 0. The van der Waals surface area contributed by atoms with E-state index in [9.17, 15) is 4.79 Å². The lowest BCUT2D eigenvalue weighted by molar-refractivity contribution is 0.102. The van der Waals surface area contributed by atoms with E-state index in [-0.39, 0.29) is 5.91 Å². The van der Waals surface area contributed by atoms with Crippen LogP contribution in [0.3, 0.4) is 0 Å². The van der Waals surface area contributed by atoms with Gasteiger partial charge in [0.25, 0.3) is 5.91 Å². The number of para-hydroxylation sites is 1. The summed E-state index contributed by atoms with van der Waals surface area (Å²) in [6, 6.07) is 15.1. The molecule has 0 saturated carbocycles. The van der Waals surface area contributed by atoms with E-state index in [0.717, 1.165) is 30.2 Å². The van der Waals surface area contributed by atoms with Gasteiger partial charge in [-0.1, -0.05) is 18.2 Å². The highest BCUT2D eigenvalue weighted by molar-refractivity contribution is 6.05. The summed E-state index contributed by atoms with van der Waals surface area (Å²) in [4.78, 5) is 12.1. The van der Waals surface area contributed by atoms with Crippen LogP contribution in [0.25, 0.3) is 0 Å². The monoisotopic (exact) mass is 253 g/mol. The molecular weight excluding hydrogens is 238 g/mol. The average Bonchev–Trinajstić information content (AvgIpc) is 2.48. The number of hydrogen-bond donors (Lipinski definition) is 3. The van der Waals surface area contributed by atoms with Crippen LogP contribution >= 0.6 is 0 Å². The second kappa shape index (κ2) is 5.02. The summed E-state index contributed by atoms with van der Waals surface area (Å²) < 4.78 is 0. The van der Waals surface area contributed by atoms with Crippen molar-refractivity contribution in [3.8, 4) is 0 Å². The Balaban J connectivity index is 1.80. The highest BCUT2D eigenvalue weighted by Crippen LogP contribution is 2.25. The van der Waals surface area contributed by atoms with E-state index < -0.39 is 0 Å². The zero-order valence-corrected chi connectivity index (χ0v) is 10.4. The Kier molecular flexibility index (Phi) is 3.06. The lowest BCUT2D eigenvalue weighted by Gasteiger charge is -2.20. The molecule has 3 rings (SSSR count). The Morgan fingerprint density at radius 3 is 2.47 bits per heavy atom. The van der Waals surface area contributed by atoms with Crippen molar-refractivity contribution in [3.05, 3.63) is 54.1 Å². The van der Waals surface area contributed by atoms with Crippen LogP contribution in [0.15, 0.2) is 48.5 Å². The van der Waals surface area contributed by atoms with E-state index in [2.05, 4.69) is 16.0 Å². The maximum Gasteiger partial charge on any atom is 0.255 e. The zero-order chi connectivity index (χ0) is 13.1. The van der Waals surface area contributed by atoms with Gasteiger partial charge >= 0.3 is 0 Å². The van der Waals surface area contributed by atoms with Crippen LogP contribution in [0.4, 0.5) is 17.1 Å². The number of nitrogens with one attached hydrogen (secondary N) is 3. The van der Waals surface area contributed by atoms with Crippen molar-refractivity contribution in [2.24, 2.45) is 0 Å². The van der Waals surface area contributed by atoms with Gasteiger partial charge < -0.3 is 16.0 Å². The van der Waals surface area contributed by atoms with Gasteiger partial charge in [0.05, 0.1) is 11.4 Å². The molecule has 2 aromatic carbocycles. The first-order valence-corrected chi connectivity index (χ1v) is 6.31. The second-order valence-corrected chi connectivity index (χ2v) is 4.43. The third-order valence-corrected chi connectivity index (χ3v) is 3.07. The molecule has 1 aliphatic heterocycles. The molecule has 4 heteroatoms. The van der Waals surface area contributed by atoms with Crippen LogP contribution in [-0.4, -0.2) is 19.0 Å². The summed E-state index contributed by atoms with van der Waals surface area (Å²) in [5.74, 6) is -0.0960. The van der Waals surface area contributed by atoms with Crippen molar-refractivity contribution in [2.45, 2.75) is 0 Å². The summed E-state index contributed by atoms with van der Waals surface area (Å²) >= 11 is 0. The number of benzene rings is 2. The SMILES string of the molecule is O=C(Nc1ccccc1)c1ccc2c(c1)NCCN2. The largest absolute Gasteiger partial charge is 0.382 e. The van der Waals surface area contributed by atoms with Crippen LogP contribution in [0.5, 0.6) is 0 Å². The van der Waals surface area contributed by atoms with Crippen LogP contribution in [0, 0.1) is 0 Å². The number of carbonyl (C=O) groups is 1. The number of fused-ring (bicyclic) bond motifs is 1. The molecule has 2 aromatic rings. The molecule has 0 aliphatic carbocycles. The number of rotatable bonds is 2. The molecule has 0 fully saturated rings. The molecule has 0 bridgehead atoms. The zero-order valence-electron chi connectivity index (χ0n) is 10.4. The van der Waals surface area contributed by atoms with Crippen molar-refractivity contribution >= 4 is 23.0 Å². The molecular formula is C15H15N3O. The molecule has 19 heavy (non-hydrogen) atoms. The van der Waals surface area contributed by atoms with E-state index in [1.165, 1.54) is 0 Å². The summed E-state index contributed by atoms with van der Waals surface area (Å²) in [5, 5.41) is 9.44. The first-order valence-electron chi connectivity index (χ1n) is 6.31. The third kappa shape index (κ3) is 2.52. The lowest BCUT2D eigenvalue weighted by Crippen LogP contribution is -2.21. The molecule has 0 radical (unpaired) electrons. The molecule has 0 atom stereocenters. The predicted octanol–water partition coefficient (Wildman–Crippen LogP) is 2.78. The highest BCUT2D eigenvalue weighted by Gasteiger charge is 2.12. The maximum absolute atomic E-state index is 12.1. The topological polar surface area (TPSA) is 53.2 Å². The van der Waals surface area contributed by atoms with Crippen molar-refractivity contribution in [1.29, 1.82) is 0 Å². The minimum absolute atomic E-state index is 0.0960. The smallest absolute Gasteiger partial charge is 0.255 e. The van der Waals surface area contributed by atoms with Gasteiger partial charge in [0.1, 0.15) is 0 Å². The third-order valence-electron chi connectivity index (χ3n) is 3.07. The van der Waals surface area contributed by atoms with Gasteiger partial charge in [0, 0.05) is 24.3 Å². The molecule has 96 valence electrons. The molecule has 4 nitrogen and oxygen atoms in total. The fourth-order valence-electron chi connectivity index (χ4n) is 2.10. The molecule has 1 aliphatic rings. The van der Waals surface area contributed by atoms with Crippen LogP contribution in [-0.2, 0) is 0 Å². The molecule has 1 amide bonds. The van der Waals surface area contributed by atoms with E-state index in [0.29, 0.717) is 5.56 Å². The van der Waals surface area contributed by atoms with Crippen molar-refractivity contribution < 1.29 is 4.79 Å². The quantitative estimate of drug-likeness (QED) is 0.771. The fourth-order valence-corrected chi connectivity index (χ4v) is 2.10. The summed E-state index contributed by atoms with van der Waals surface area (Å²) in [6.07, 6.45) is 0. The molecule has 0 spiro atoms. The summed E-state index contributed by atoms with van der Waals surface area (Å²) in [5.41, 5.74) is 3.48. The van der Waals surface area contributed by atoms with Gasteiger partial charge in [-0.2, -0.15) is 0 Å². The van der Waals surface area contributed by atoms with E-state index in [1.807, 2.05) is 48.5 Å². The molecule has 0 saturated heterocycles. The number of hydrogen-bond acceptors (Lipinski definition) is 3. The Hall–Kier alpha value is -2.49. The van der Waals surface area contributed by atoms with E-state index >= 15 is 0 Å². The van der Waals surface area contributed by atoms with Crippen LogP contribution in [0.2, 0.25) is 0 Å². The Bertz CT molecular complexity index is 596. The Morgan fingerprint density at radius 2 is 1.68 bits per heavy atom. The second-order valence-electron chi connectivity index (χ2n) is 4.43. The van der Waals surface area contributed by atoms with E-state index in [1.54, 1.807) is 0 Å². The van der Waals surface area contributed by atoms with Gasteiger partial charge in [0.2, 0.25) is 0 Å². The van der Waals surface area contributed by atoms with Crippen molar-refractivity contribution in [3.63, 3.8) is 0 Å². The van der Waals surface area contributed by atoms with Crippen LogP contribution in [0.1, 0.15) is 10.4 Å². The minimum Gasteiger partial charge on any atom is -0.382 e. The number of anilines is 3. The summed E-state index contributed by atoms with van der Waals surface area (Å²) in [6.45, 7) is 1.78. The number of amides is 1. The van der Waals surface area contributed by atoms with Gasteiger partial charge in [0.15, 0.2) is 0 Å². The van der Waals surface area contributed by atoms with Crippen LogP contribution < -0.4 is 16.0 Å². The standard InChI is InChI=1S/C15H15N3O/c19-15(18-12-4-2-1-3-5-12)11-6-7-13-14(10-11)17-9-8-16-13/h1-7,10,16-17H,8-9H2,(H,18,19). The average molecular weight is 253 g/mol. The Morgan fingerprint density at radius 1 is 0.947 bits per heavy atom. The number of carbonyl (C=O) groups excluding carboxylic acids is 1. The first-order chi connectivity index (χ1) is 9.33. The van der Waals surface area contributed by atoms with E-state index in [4.69, 9.17) is 0 Å². The van der Waals surface area contributed by atoms with Crippen molar-refractivity contribution in [1.82, 2.24) is 0 Å². The van der Waals surface area contributed by atoms with Gasteiger partial charge in [-0.3, -0.25) is 4.79 Å². The molecule has 1 heterocycles. The first kappa shape index (κ1) is 11.6. The van der Waals surface area contributed by atoms with Gasteiger partial charge in [-0.05, 0) is 30.3 Å². The highest BCUT2D eigenvalue weighted by atomic mass is 16.1. The molecule has 3 N–H and O–H groups in total.